The smallest absolute Gasteiger partial charge is 0.108 e. The third kappa shape index (κ3) is 4.77. The van der Waals surface area contributed by atoms with Crippen LogP contribution in [0.25, 0.3) is 0 Å². The number of rotatable bonds is 8. The number of hydrogen-bond acceptors (Lipinski definition) is 3. The van der Waals surface area contributed by atoms with E-state index in [9.17, 15) is 5.11 Å². The lowest BCUT2D eigenvalue weighted by molar-refractivity contribution is 0.110. The van der Waals surface area contributed by atoms with Gasteiger partial charge in [0.05, 0.1) is 6.10 Å². The molecule has 0 aliphatic rings. The van der Waals surface area contributed by atoms with Gasteiger partial charge in [-0.25, -0.2) is 4.98 Å². The molecule has 1 rings (SSSR count). The summed E-state index contributed by atoms with van der Waals surface area (Å²) < 4.78 is 7.22. The summed E-state index contributed by atoms with van der Waals surface area (Å²) in [5, 5.41) is 9.75. The monoisotopic (exact) mass is 226 g/mol. The summed E-state index contributed by atoms with van der Waals surface area (Å²) in [6.07, 6.45) is 6.82. The standard InChI is InChI=1S/C12H22N2O2/c1-3-16-10-4-5-11(15)6-7-12-13-8-9-14(12)2/h8-9,11,15H,3-7,10H2,1-2H3. The summed E-state index contributed by atoms with van der Waals surface area (Å²) in [4.78, 5) is 4.22. The van der Waals surface area contributed by atoms with Gasteiger partial charge in [-0.05, 0) is 26.2 Å². The van der Waals surface area contributed by atoms with Gasteiger partial charge in [0.2, 0.25) is 0 Å². The van der Waals surface area contributed by atoms with Gasteiger partial charge in [-0.15, -0.1) is 0 Å². The summed E-state index contributed by atoms with van der Waals surface area (Å²) in [5.74, 6) is 1.03. The second-order valence-electron chi connectivity index (χ2n) is 3.99. The molecule has 0 aromatic carbocycles. The predicted octanol–water partition coefficient (Wildman–Crippen LogP) is 1.53. The number of hydrogen-bond donors (Lipinski definition) is 1. The lowest BCUT2D eigenvalue weighted by Gasteiger charge is -2.10. The van der Waals surface area contributed by atoms with Crippen LogP contribution in [0.4, 0.5) is 0 Å². The molecule has 92 valence electrons. The summed E-state index contributed by atoms with van der Waals surface area (Å²) in [6, 6.07) is 0. The number of aliphatic hydroxyl groups is 1. The van der Waals surface area contributed by atoms with Crippen LogP contribution in [0.2, 0.25) is 0 Å². The van der Waals surface area contributed by atoms with Crippen LogP contribution >= 0.6 is 0 Å². The Bertz CT molecular complexity index is 286. The van der Waals surface area contributed by atoms with Crippen molar-refractivity contribution in [2.45, 2.75) is 38.7 Å². The van der Waals surface area contributed by atoms with Gasteiger partial charge in [0.25, 0.3) is 0 Å². The van der Waals surface area contributed by atoms with E-state index in [4.69, 9.17) is 4.74 Å². The predicted molar refractivity (Wildman–Crippen MR) is 63.3 cm³/mol. The fourth-order valence-corrected chi connectivity index (χ4v) is 1.64. The molecule has 0 saturated carbocycles. The van der Waals surface area contributed by atoms with E-state index in [2.05, 4.69) is 4.98 Å². The van der Waals surface area contributed by atoms with Crippen molar-refractivity contribution in [3.63, 3.8) is 0 Å². The second-order valence-corrected chi connectivity index (χ2v) is 3.99. The van der Waals surface area contributed by atoms with Crippen LogP contribution in [-0.2, 0) is 18.2 Å². The average molecular weight is 226 g/mol. The number of aryl methyl sites for hydroxylation is 2. The topological polar surface area (TPSA) is 47.3 Å². The lowest BCUT2D eigenvalue weighted by atomic mass is 10.1. The molecule has 1 aromatic heterocycles. The molecule has 0 aliphatic carbocycles. The molecule has 0 saturated heterocycles. The quantitative estimate of drug-likeness (QED) is 0.684. The normalized spacial score (nSPS) is 12.9. The zero-order valence-electron chi connectivity index (χ0n) is 10.2. The van der Waals surface area contributed by atoms with Gasteiger partial charge in [0.15, 0.2) is 0 Å². The fourth-order valence-electron chi connectivity index (χ4n) is 1.64. The van der Waals surface area contributed by atoms with Gasteiger partial charge in [0, 0.05) is 39.1 Å². The maximum absolute atomic E-state index is 9.75. The largest absolute Gasteiger partial charge is 0.393 e. The van der Waals surface area contributed by atoms with Crippen molar-refractivity contribution in [1.82, 2.24) is 9.55 Å². The Kier molecular flexibility index (Phi) is 6.11. The van der Waals surface area contributed by atoms with Crippen LogP contribution in [0.1, 0.15) is 32.0 Å². The van der Waals surface area contributed by atoms with Crippen molar-refractivity contribution in [3.05, 3.63) is 18.2 Å². The first-order chi connectivity index (χ1) is 7.74. The third-order valence-electron chi connectivity index (χ3n) is 2.65. The number of aromatic nitrogens is 2. The van der Waals surface area contributed by atoms with Gasteiger partial charge in [0.1, 0.15) is 5.82 Å². The second kappa shape index (κ2) is 7.41. The van der Waals surface area contributed by atoms with E-state index < -0.39 is 0 Å². The molecular weight excluding hydrogens is 204 g/mol. The minimum Gasteiger partial charge on any atom is -0.393 e. The molecule has 0 spiro atoms. The molecule has 4 heteroatoms. The van der Waals surface area contributed by atoms with Crippen molar-refractivity contribution < 1.29 is 9.84 Å². The zero-order chi connectivity index (χ0) is 11.8. The first-order valence-electron chi connectivity index (χ1n) is 5.96. The molecule has 0 bridgehead atoms. The Morgan fingerprint density at radius 2 is 2.31 bits per heavy atom. The summed E-state index contributed by atoms with van der Waals surface area (Å²) >= 11 is 0. The molecule has 4 nitrogen and oxygen atoms in total. The van der Waals surface area contributed by atoms with Crippen LogP contribution in [0, 0.1) is 0 Å². The van der Waals surface area contributed by atoms with Crippen LogP contribution in [0.15, 0.2) is 12.4 Å². The highest BCUT2D eigenvalue weighted by Gasteiger charge is 2.06. The molecule has 1 unspecified atom stereocenters. The van der Waals surface area contributed by atoms with E-state index in [1.165, 1.54) is 0 Å². The Morgan fingerprint density at radius 1 is 1.50 bits per heavy atom. The summed E-state index contributed by atoms with van der Waals surface area (Å²) in [6.45, 7) is 3.48. The highest BCUT2D eigenvalue weighted by molar-refractivity contribution is 4.91. The van der Waals surface area contributed by atoms with Gasteiger partial charge in [-0.1, -0.05) is 0 Å². The molecule has 1 heterocycles. The molecule has 0 radical (unpaired) electrons. The van der Waals surface area contributed by atoms with E-state index in [-0.39, 0.29) is 6.10 Å². The maximum atomic E-state index is 9.75. The van der Waals surface area contributed by atoms with E-state index >= 15 is 0 Å². The summed E-state index contributed by atoms with van der Waals surface area (Å²) in [7, 11) is 1.98. The molecule has 0 aliphatic heterocycles. The molecule has 0 amide bonds. The first-order valence-corrected chi connectivity index (χ1v) is 5.96. The average Bonchev–Trinajstić information content (AvgIpc) is 2.67. The molecular formula is C12H22N2O2. The first kappa shape index (κ1) is 13.2. The number of nitrogens with zero attached hydrogens (tertiary/aromatic N) is 2. The Labute approximate surface area is 97.3 Å². The Hall–Kier alpha value is -0.870. The van der Waals surface area contributed by atoms with E-state index in [1.54, 1.807) is 6.20 Å². The van der Waals surface area contributed by atoms with Gasteiger partial charge >= 0.3 is 0 Å². The third-order valence-corrected chi connectivity index (χ3v) is 2.65. The molecule has 1 N–H and O–H groups in total. The van der Waals surface area contributed by atoms with Gasteiger partial charge in [-0.2, -0.15) is 0 Å². The van der Waals surface area contributed by atoms with Crippen LogP contribution < -0.4 is 0 Å². The van der Waals surface area contributed by atoms with Gasteiger partial charge < -0.3 is 14.4 Å². The van der Waals surface area contributed by atoms with Crippen molar-refractivity contribution in [1.29, 1.82) is 0 Å². The van der Waals surface area contributed by atoms with E-state index in [0.29, 0.717) is 0 Å². The zero-order valence-corrected chi connectivity index (χ0v) is 10.2. The molecule has 1 aromatic rings. The highest BCUT2D eigenvalue weighted by atomic mass is 16.5. The van der Waals surface area contributed by atoms with Crippen molar-refractivity contribution in [2.75, 3.05) is 13.2 Å². The highest BCUT2D eigenvalue weighted by Crippen LogP contribution is 2.07. The number of imidazole rings is 1. The van der Waals surface area contributed by atoms with E-state index in [1.807, 2.05) is 24.7 Å². The van der Waals surface area contributed by atoms with Crippen LogP contribution in [0.3, 0.4) is 0 Å². The molecule has 0 fully saturated rings. The minimum absolute atomic E-state index is 0.239. The number of ether oxygens (including phenoxy) is 1. The maximum Gasteiger partial charge on any atom is 0.108 e. The Balaban J connectivity index is 2.10. The van der Waals surface area contributed by atoms with Crippen molar-refractivity contribution >= 4 is 0 Å². The Morgan fingerprint density at radius 3 is 2.94 bits per heavy atom. The van der Waals surface area contributed by atoms with E-state index in [0.717, 1.165) is 44.7 Å². The molecule has 16 heavy (non-hydrogen) atoms. The lowest BCUT2D eigenvalue weighted by Crippen LogP contribution is -2.11. The van der Waals surface area contributed by atoms with Crippen molar-refractivity contribution in [3.8, 4) is 0 Å². The van der Waals surface area contributed by atoms with Crippen LogP contribution in [0.5, 0.6) is 0 Å². The molecule has 1 atom stereocenters. The number of aliphatic hydroxyl groups excluding tert-OH is 1. The summed E-state index contributed by atoms with van der Waals surface area (Å²) in [5.41, 5.74) is 0. The minimum atomic E-state index is -0.239. The SMILES string of the molecule is CCOCCCC(O)CCc1nccn1C. The van der Waals surface area contributed by atoms with Crippen LogP contribution in [-0.4, -0.2) is 34.0 Å². The fraction of sp³-hybridized carbons (Fsp3) is 0.750. The van der Waals surface area contributed by atoms with Gasteiger partial charge in [-0.3, -0.25) is 0 Å². The van der Waals surface area contributed by atoms with Crippen molar-refractivity contribution in [2.24, 2.45) is 7.05 Å².